The number of carbonyl (C=O) groups is 3. The van der Waals surface area contributed by atoms with Crippen LogP contribution in [0.4, 0.5) is 9.59 Å². The largest absolute Gasteiger partial charge is 0.480 e. The number of carboxylic acids is 1. The molecule has 0 unspecified atom stereocenters. The summed E-state index contributed by atoms with van der Waals surface area (Å²) in [5, 5.41) is 19.8. The third-order valence-electron chi connectivity index (χ3n) is 1.93. The van der Waals surface area contributed by atoms with E-state index >= 15 is 0 Å². The van der Waals surface area contributed by atoms with E-state index in [2.05, 4.69) is 26.3 Å². The molecule has 0 aromatic heterocycles. The number of carboxylic acid groups (broad SMARTS) is 1. The molecular formula is C13H29N3O7. The lowest BCUT2D eigenvalue weighted by Gasteiger charge is -2.11. The molecule has 10 nitrogen and oxygen atoms in total. The molecule has 0 fully saturated rings. The van der Waals surface area contributed by atoms with Gasteiger partial charge in [0, 0.05) is 6.61 Å². The maximum atomic E-state index is 10.4. The fraction of sp³-hybridized carbons (Fsp3) is 0.769. The molecule has 0 bridgehead atoms. The molecule has 0 radical (unpaired) electrons. The Morgan fingerprint density at radius 3 is 1.65 bits per heavy atom. The molecule has 10 heteroatoms. The van der Waals surface area contributed by atoms with E-state index in [1.54, 1.807) is 13.8 Å². The number of rotatable bonds is 8. The predicted molar refractivity (Wildman–Crippen MR) is 83.8 cm³/mol. The number of hydrogen-bond acceptors (Lipinski definition) is 7. The fourth-order valence-corrected chi connectivity index (χ4v) is 1.05. The van der Waals surface area contributed by atoms with Crippen molar-refractivity contribution < 1.29 is 34.1 Å². The second-order valence-electron chi connectivity index (χ2n) is 3.86. The lowest BCUT2D eigenvalue weighted by atomic mass is 10.2. The van der Waals surface area contributed by atoms with Crippen molar-refractivity contribution in [3.8, 4) is 0 Å². The van der Waals surface area contributed by atoms with Crippen molar-refractivity contribution in [2.45, 2.75) is 39.7 Å². The van der Waals surface area contributed by atoms with Crippen molar-refractivity contribution in [3.05, 3.63) is 0 Å². The quantitative estimate of drug-likeness (QED) is 0.411. The van der Waals surface area contributed by atoms with Gasteiger partial charge in [0.1, 0.15) is 6.04 Å². The Labute approximate surface area is 136 Å². The Morgan fingerprint density at radius 2 is 1.48 bits per heavy atom. The van der Waals surface area contributed by atoms with E-state index in [1.165, 1.54) is 0 Å². The van der Waals surface area contributed by atoms with Crippen LogP contribution in [0.5, 0.6) is 0 Å². The zero-order valence-corrected chi connectivity index (χ0v) is 13.9. The first kappa shape index (κ1) is 25.9. The molecule has 0 saturated carbocycles. The Bertz CT molecular complexity index is 298. The standard InChI is InChI=1S/C7H15NO3.2C3H7NO2/c1-2-4-8-6(3-5-9)7(10)11;2*1-2-6-3(4)5/h6,8-9H,2-5H2,1H3,(H,10,11);2*2H2,1H3,(H2,4,5)/t6-;;/m0../s1. The minimum atomic E-state index is -0.896. The van der Waals surface area contributed by atoms with Gasteiger partial charge in [-0.15, -0.1) is 0 Å². The van der Waals surface area contributed by atoms with E-state index in [1.807, 2.05) is 6.92 Å². The molecule has 0 rings (SSSR count). The number of hydrogen-bond donors (Lipinski definition) is 5. The van der Waals surface area contributed by atoms with E-state index in [-0.39, 0.29) is 13.0 Å². The van der Waals surface area contributed by atoms with Crippen molar-refractivity contribution in [1.29, 1.82) is 0 Å². The third-order valence-corrected chi connectivity index (χ3v) is 1.93. The highest BCUT2D eigenvalue weighted by atomic mass is 16.5. The number of primary amides is 2. The van der Waals surface area contributed by atoms with Crippen LogP contribution in [0.15, 0.2) is 0 Å². The summed E-state index contributed by atoms with van der Waals surface area (Å²) in [5.74, 6) is -0.896. The molecule has 138 valence electrons. The number of nitrogens with two attached hydrogens (primary N) is 2. The van der Waals surface area contributed by atoms with Gasteiger partial charge >= 0.3 is 18.2 Å². The van der Waals surface area contributed by atoms with Crippen LogP contribution in [0, 0.1) is 0 Å². The molecule has 7 N–H and O–H groups in total. The highest BCUT2D eigenvalue weighted by Gasteiger charge is 2.14. The number of carbonyl (C=O) groups excluding carboxylic acids is 2. The van der Waals surface area contributed by atoms with Gasteiger partial charge in [-0.05, 0) is 33.2 Å². The van der Waals surface area contributed by atoms with Crippen LogP contribution >= 0.6 is 0 Å². The summed E-state index contributed by atoms with van der Waals surface area (Å²) in [6, 6.07) is -0.597. The number of amides is 2. The molecule has 0 aromatic rings. The zero-order valence-electron chi connectivity index (χ0n) is 13.9. The van der Waals surface area contributed by atoms with Gasteiger partial charge in [0.15, 0.2) is 0 Å². The molecule has 0 saturated heterocycles. The van der Waals surface area contributed by atoms with Crippen molar-refractivity contribution in [3.63, 3.8) is 0 Å². The van der Waals surface area contributed by atoms with E-state index < -0.39 is 24.2 Å². The molecule has 23 heavy (non-hydrogen) atoms. The summed E-state index contributed by atoms with van der Waals surface area (Å²) in [7, 11) is 0. The van der Waals surface area contributed by atoms with Crippen LogP contribution in [-0.2, 0) is 14.3 Å². The molecule has 0 aromatic carbocycles. The van der Waals surface area contributed by atoms with Crippen LogP contribution in [0.2, 0.25) is 0 Å². The van der Waals surface area contributed by atoms with Crippen LogP contribution in [0.25, 0.3) is 0 Å². The average Bonchev–Trinajstić information content (AvgIpc) is 2.44. The third kappa shape index (κ3) is 28.7. The molecule has 0 aliphatic heterocycles. The predicted octanol–water partition coefficient (Wildman–Crippen LogP) is 0.0248. The van der Waals surface area contributed by atoms with Gasteiger partial charge in [0.05, 0.1) is 13.2 Å². The number of ether oxygens (including phenoxy) is 2. The SMILES string of the molecule is CCCN[C@@H](CCO)C(=O)O.CCOC(N)=O.CCOC(N)=O. The van der Waals surface area contributed by atoms with Gasteiger partial charge in [-0.3, -0.25) is 4.79 Å². The molecular weight excluding hydrogens is 310 g/mol. The lowest BCUT2D eigenvalue weighted by molar-refractivity contribution is -0.139. The van der Waals surface area contributed by atoms with Gasteiger partial charge < -0.3 is 36.5 Å². The van der Waals surface area contributed by atoms with Crippen molar-refractivity contribution in [2.24, 2.45) is 11.5 Å². The van der Waals surface area contributed by atoms with Crippen molar-refractivity contribution >= 4 is 18.2 Å². The second kappa shape index (κ2) is 19.9. The Balaban J connectivity index is -0.000000284. The molecule has 0 heterocycles. The van der Waals surface area contributed by atoms with Gasteiger partial charge in [-0.25, -0.2) is 9.59 Å². The molecule has 1 atom stereocenters. The van der Waals surface area contributed by atoms with Crippen LogP contribution in [0.3, 0.4) is 0 Å². The summed E-state index contributed by atoms with van der Waals surface area (Å²) in [4.78, 5) is 29.6. The number of nitrogens with one attached hydrogen (secondary N) is 1. The highest BCUT2D eigenvalue weighted by molar-refractivity contribution is 5.73. The van der Waals surface area contributed by atoms with Crippen molar-refractivity contribution in [2.75, 3.05) is 26.4 Å². The van der Waals surface area contributed by atoms with Crippen molar-refractivity contribution in [1.82, 2.24) is 5.32 Å². The first-order valence-corrected chi connectivity index (χ1v) is 7.18. The normalized spacial score (nSPS) is 10.1. The number of aliphatic hydroxyl groups is 1. The smallest absolute Gasteiger partial charge is 0.404 e. The summed E-state index contributed by atoms with van der Waals surface area (Å²) >= 11 is 0. The van der Waals surface area contributed by atoms with E-state index in [9.17, 15) is 14.4 Å². The molecule has 0 spiro atoms. The minimum absolute atomic E-state index is 0.0896. The Morgan fingerprint density at radius 1 is 1.04 bits per heavy atom. The van der Waals surface area contributed by atoms with E-state index in [4.69, 9.17) is 10.2 Å². The summed E-state index contributed by atoms with van der Waals surface area (Å²) in [6.45, 7) is 6.66. The summed E-state index contributed by atoms with van der Waals surface area (Å²) in [5.41, 5.74) is 9.08. The number of aliphatic hydroxyl groups excluding tert-OH is 1. The second-order valence-corrected chi connectivity index (χ2v) is 3.86. The monoisotopic (exact) mass is 339 g/mol. The highest BCUT2D eigenvalue weighted by Crippen LogP contribution is 1.90. The topological polar surface area (TPSA) is 174 Å². The Kier molecular flexibility index (Phi) is 22.4. The molecule has 0 aliphatic rings. The van der Waals surface area contributed by atoms with Gasteiger partial charge in [0.25, 0.3) is 0 Å². The number of aliphatic carboxylic acids is 1. The van der Waals surface area contributed by atoms with Gasteiger partial charge in [-0.2, -0.15) is 0 Å². The van der Waals surface area contributed by atoms with Crippen LogP contribution in [-0.4, -0.2) is 60.8 Å². The first-order chi connectivity index (χ1) is 10.8. The zero-order chi connectivity index (χ0) is 18.7. The maximum absolute atomic E-state index is 10.4. The fourth-order valence-electron chi connectivity index (χ4n) is 1.05. The van der Waals surface area contributed by atoms with E-state index in [0.717, 1.165) is 6.42 Å². The maximum Gasteiger partial charge on any atom is 0.404 e. The van der Waals surface area contributed by atoms with Crippen LogP contribution in [0.1, 0.15) is 33.6 Å². The van der Waals surface area contributed by atoms with Gasteiger partial charge in [-0.1, -0.05) is 6.92 Å². The summed E-state index contributed by atoms with van der Waals surface area (Å²) in [6.07, 6.45) is -0.250. The lowest BCUT2D eigenvalue weighted by Crippen LogP contribution is -2.37. The Hall–Kier alpha value is -2.07. The average molecular weight is 339 g/mol. The van der Waals surface area contributed by atoms with E-state index in [0.29, 0.717) is 19.8 Å². The summed E-state index contributed by atoms with van der Waals surface area (Å²) < 4.78 is 8.36. The molecule has 0 aliphatic carbocycles. The minimum Gasteiger partial charge on any atom is -0.480 e. The first-order valence-electron chi connectivity index (χ1n) is 7.18. The molecule has 2 amide bonds. The van der Waals surface area contributed by atoms with Crippen LogP contribution < -0.4 is 16.8 Å². The van der Waals surface area contributed by atoms with Gasteiger partial charge in [0.2, 0.25) is 0 Å².